The highest BCUT2D eigenvalue weighted by Crippen LogP contribution is 2.20. The van der Waals surface area contributed by atoms with E-state index in [2.05, 4.69) is 26.4 Å². The first-order chi connectivity index (χ1) is 10.0. The Morgan fingerprint density at radius 2 is 2.05 bits per heavy atom. The molecule has 0 radical (unpaired) electrons. The molecule has 2 aromatic carbocycles. The molecule has 6 heteroatoms. The molecule has 0 aliphatic carbocycles. The number of hydrogen-bond acceptors (Lipinski definition) is 3. The molecule has 1 amide bonds. The number of nitrogens with one attached hydrogen (secondary N) is 1. The molecule has 0 spiro atoms. The Bertz CT molecular complexity index is 717. The molecule has 0 atom stereocenters. The van der Waals surface area contributed by atoms with Crippen LogP contribution in [0.25, 0.3) is 0 Å². The van der Waals surface area contributed by atoms with Crippen LogP contribution in [-0.2, 0) is 0 Å². The largest absolute Gasteiger partial charge is 0.411 e. The van der Waals surface area contributed by atoms with Crippen LogP contribution in [0.1, 0.15) is 22.8 Å². The first-order valence-corrected chi connectivity index (χ1v) is 6.86. The van der Waals surface area contributed by atoms with Gasteiger partial charge in [0.2, 0.25) is 0 Å². The Balaban J connectivity index is 2.26. The number of carbonyl (C=O) groups excluding carboxylic acids is 1. The molecule has 0 aliphatic rings. The standard InChI is InChI=1S/C15H12BrFN2O2/c1-9(19-21)10-3-2-4-12(7-10)18-15(20)13-8-11(17)5-6-14(13)16/h2-8,21H,1H3,(H,18,20)/b19-9+. The maximum Gasteiger partial charge on any atom is 0.256 e. The van der Waals surface area contributed by atoms with Crippen molar-refractivity contribution in [2.24, 2.45) is 5.16 Å². The van der Waals surface area contributed by atoms with Crippen molar-refractivity contribution >= 4 is 33.2 Å². The molecule has 108 valence electrons. The molecular formula is C15H12BrFN2O2. The van der Waals surface area contributed by atoms with Gasteiger partial charge in [-0.1, -0.05) is 17.3 Å². The quantitative estimate of drug-likeness (QED) is 0.498. The molecule has 4 nitrogen and oxygen atoms in total. The van der Waals surface area contributed by atoms with Crippen molar-refractivity contribution < 1.29 is 14.4 Å². The SMILES string of the molecule is C/C(=N\O)c1cccc(NC(=O)c2cc(F)ccc2Br)c1. The van der Waals surface area contributed by atoms with Crippen molar-refractivity contribution in [2.45, 2.75) is 6.92 Å². The van der Waals surface area contributed by atoms with Crippen molar-refractivity contribution in [1.82, 2.24) is 0 Å². The molecule has 0 bridgehead atoms. The third-order valence-corrected chi connectivity index (χ3v) is 3.55. The topological polar surface area (TPSA) is 61.7 Å². The van der Waals surface area contributed by atoms with Gasteiger partial charge in [0, 0.05) is 15.7 Å². The average Bonchev–Trinajstić information content (AvgIpc) is 2.49. The minimum absolute atomic E-state index is 0.202. The smallest absolute Gasteiger partial charge is 0.256 e. The molecule has 21 heavy (non-hydrogen) atoms. The average molecular weight is 351 g/mol. The minimum atomic E-state index is -0.486. The predicted molar refractivity (Wildman–Crippen MR) is 82.5 cm³/mol. The minimum Gasteiger partial charge on any atom is -0.411 e. The van der Waals surface area contributed by atoms with Crippen molar-refractivity contribution in [1.29, 1.82) is 0 Å². The van der Waals surface area contributed by atoms with E-state index in [0.717, 1.165) is 6.07 Å². The lowest BCUT2D eigenvalue weighted by molar-refractivity contribution is 0.102. The van der Waals surface area contributed by atoms with Crippen LogP contribution >= 0.6 is 15.9 Å². The molecule has 0 unspecified atom stereocenters. The Hall–Kier alpha value is -2.21. The number of amides is 1. The first kappa shape index (κ1) is 15.2. The summed E-state index contributed by atoms with van der Waals surface area (Å²) in [6.45, 7) is 1.64. The van der Waals surface area contributed by atoms with E-state index < -0.39 is 11.7 Å². The van der Waals surface area contributed by atoms with E-state index in [9.17, 15) is 9.18 Å². The highest BCUT2D eigenvalue weighted by Gasteiger charge is 2.12. The molecular weight excluding hydrogens is 339 g/mol. The Morgan fingerprint density at radius 3 is 2.76 bits per heavy atom. The van der Waals surface area contributed by atoms with E-state index in [4.69, 9.17) is 5.21 Å². The van der Waals surface area contributed by atoms with E-state index in [0.29, 0.717) is 21.4 Å². The maximum atomic E-state index is 13.2. The van der Waals surface area contributed by atoms with Crippen LogP contribution in [0.3, 0.4) is 0 Å². The normalized spacial score (nSPS) is 11.3. The number of halogens is 2. The van der Waals surface area contributed by atoms with Gasteiger partial charge in [-0.2, -0.15) is 0 Å². The second-order valence-corrected chi connectivity index (χ2v) is 5.20. The number of anilines is 1. The summed E-state index contributed by atoms with van der Waals surface area (Å²) in [7, 11) is 0. The molecule has 0 saturated carbocycles. The fraction of sp³-hybridized carbons (Fsp3) is 0.0667. The summed E-state index contributed by atoms with van der Waals surface area (Å²) in [6.07, 6.45) is 0. The first-order valence-electron chi connectivity index (χ1n) is 6.07. The van der Waals surface area contributed by atoms with Crippen LogP contribution in [0.2, 0.25) is 0 Å². The number of nitrogens with zero attached hydrogens (tertiary/aromatic N) is 1. The van der Waals surface area contributed by atoms with Crippen molar-refractivity contribution in [3.63, 3.8) is 0 Å². The van der Waals surface area contributed by atoms with E-state index in [1.165, 1.54) is 12.1 Å². The van der Waals surface area contributed by atoms with E-state index in [1.807, 2.05) is 0 Å². The third-order valence-electron chi connectivity index (χ3n) is 2.86. The van der Waals surface area contributed by atoms with Gasteiger partial charge in [-0.3, -0.25) is 4.79 Å². The zero-order valence-corrected chi connectivity index (χ0v) is 12.7. The fourth-order valence-corrected chi connectivity index (χ4v) is 2.18. The lowest BCUT2D eigenvalue weighted by atomic mass is 10.1. The van der Waals surface area contributed by atoms with Crippen LogP contribution in [0, 0.1) is 5.82 Å². The molecule has 0 heterocycles. The number of carbonyl (C=O) groups is 1. The number of benzene rings is 2. The van der Waals surface area contributed by atoms with Crippen LogP contribution in [-0.4, -0.2) is 16.8 Å². The molecule has 2 rings (SSSR count). The van der Waals surface area contributed by atoms with Gasteiger partial charge in [0.25, 0.3) is 5.91 Å². The van der Waals surface area contributed by atoms with Gasteiger partial charge in [0.05, 0.1) is 11.3 Å². The van der Waals surface area contributed by atoms with E-state index in [1.54, 1.807) is 31.2 Å². The van der Waals surface area contributed by atoms with Gasteiger partial charge in [0.1, 0.15) is 5.82 Å². The molecule has 0 aromatic heterocycles. The van der Waals surface area contributed by atoms with Crippen molar-refractivity contribution in [3.8, 4) is 0 Å². The molecule has 2 aromatic rings. The summed E-state index contributed by atoms with van der Waals surface area (Å²) >= 11 is 3.21. The maximum absolute atomic E-state index is 13.2. The monoisotopic (exact) mass is 350 g/mol. The van der Waals surface area contributed by atoms with Gasteiger partial charge in [-0.15, -0.1) is 0 Å². The van der Waals surface area contributed by atoms with Gasteiger partial charge in [-0.05, 0) is 53.2 Å². The Morgan fingerprint density at radius 1 is 1.29 bits per heavy atom. The summed E-state index contributed by atoms with van der Waals surface area (Å²) in [4.78, 5) is 12.2. The predicted octanol–water partition coefficient (Wildman–Crippen LogP) is 4.04. The number of hydrogen-bond donors (Lipinski definition) is 2. The summed E-state index contributed by atoms with van der Waals surface area (Å²) in [5.74, 6) is -0.919. The van der Waals surface area contributed by atoms with Crippen LogP contribution in [0.5, 0.6) is 0 Å². The highest BCUT2D eigenvalue weighted by atomic mass is 79.9. The van der Waals surface area contributed by atoms with Crippen molar-refractivity contribution in [2.75, 3.05) is 5.32 Å². The molecule has 0 aliphatic heterocycles. The lowest BCUT2D eigenvalue weighted by Gasteiger charge is -2.08. The molecule has 0 saturated heterocycles. The third kappa shape index (κ3) is 3.66. The Kier molecular flexibility index (Phi) is 4.70. The second kappa shape index (κ2) is 6.49. The fourth-order valence-electron chi connectivity index (χ4n) is 1.75. The number of oxime groups is 1. The van der Waals surface area contributed by atoms with Crippen LogP contribution in [0.4, 0.5) is 10.1 Å². The summed E-state index contributed by atoms with van der Waals surface area (Å²) < 4.78 is 13.7. The highest BCUT2D eigenvalue weighted by molar-refractivity contribution is 9.10. The van der Waals surface area contributed by atoms with E-state index >= 15 is 0 Å². The van der Waals surface area contributed by atoms with Crippen molar-refractivity contribution in [3.05, 3.63) is 63.9 Å². The van der Waals surface area contributed by atoms with Gasteiger partial charge >= 0.3 is 0 Å². The van der Waals surface area contributed by atoms with Crippen LogP contribution in [0.15, 0.2) is 52.1 Å². The second-order valence-electron chi connectivity index (χ2n) is 4.34. The molecule has 2 N–H and O–H groups in total. The van der Waals surface area contributed by atoms with Gasteiger partial charge < -0.3 is 10.5 Å². The zero-order chi connectivity index (χ0) is 15.4. The summed E-state index contributed by atoms with van der Waals surface area (Å²) in [5.41, 5.74) is 1.83. The van der Waals surface area contributed by atoms with Crippen LogP contribution < -0.4 is 5.32 Å². The van der Waals surface area contributed by atoms with Gasteiger partial charge in [0.15, 0.2) is 0 Å². The number of rotatable bonds is 3. The lowest BCUT2D eigenvalue weighted by Crippen LogP contribution is -2.13. The zero-order valence-electron chi connectivity index (χ0n) is 11.1. The Labute approximate surface area is 129 Å². The summed E-state index contributed by atoms with van der Waals surface area (Å²) in [6, 6.07) is 10.7. The summed E-state index contributed by atoms with van der Waals surface area (Å²) in [5, 5.41) is 14.5. The van der Waals surface area contributed by atoms with Gasteiger partial charge in [-0.25, -0.2) is 4.39 Å². The van der Waals surface area contributed by atoms with E-state index in [-0.39, 0.29) is 5.56 Å². The molecule has 0 fully saturated rings.